The first-order valence-electron chi connectivity index (χ1n) is 5.50. The van der Waals surface area contributed by atoms with E-state index in [1.54, 1.807) is 0 Å². The number of nitrogens with two attached hydrogens (primary N) is 1. The van der Waals surface area contributed by atoms with Crippen molar-refractivity contribution >= 4 is 41.5 Å². The molecule has 1 rings (SSSR count). The van der Waals surface area contributed by atoms with Crippen molar-refractivity contribution in [3.63, 3.8) is 0 Å². The molecule has 0 aromatic heterocycles. The number of hydrogen-bond acceptors (Lipinski definition) is 1. The summed E-state index contributed by atoms with van der Waals surface area (Å²) in [6, 6.07) is 7.83. The maximum absolute atomic E-state index is 5.89. The van der Waals surface area contributed by atoms with Crippen LogP contribution in [0.1, 0.15) is 18.9 Å². The van der Waals surface area contributed by atoms with E-state index in [4.69, 9.17) is 17.3 Å². The third-order valence-corrected chi connectivity index (χ3v) is 2.35. The Morgan fingerprint density at radius 3 is 2.88 bits per heavy atom. The molecule has 0 radical (unpaired) electrons. The van der Waals surface area contributed by atoms with Gasteiger partial charge in [0.15, 0.2) is 5.96 Å². The van der Waals surface area contributed by atoms with Crippen LogP contribution in [0.4, 0.5) is 0 Å². The average Bonchev–Trinajstić information content (AvgIpc) is 2.26. The van der Waals surface area contributed by atoms with Gasteiger partial charge in [0.05, 0.1) is 0 Å². The molecule has 0 amide bonds. The Hall–Kier alpha value is -0.490. The van der Waals surface area contributed by atoms with Crippen LogP contribution >= 0.6 is 35.6 Å². The highest BCUT2D eigenvalue weighted by Crippen LogP contribution is 2.10. The van der Waals surface area contributed by atoms with Crippen molar-refractivity contribution in [2.24, 2.45) is 10.7 Å². The van der Waals surface area contributed by atoms with Crippen molar-refractivity contribution in [2.45, 2.75) is 19.8 Å². The van der Waals surface area contributed by atoms with E-state index in [0.717, 1.165) is 31.0 Å². The van der Waals surface area contributed by atoms with Crippen molar-refractivity contribution in [1.82, 2.24) is 5.32 Å². The average molecular weight is 368 g/mol. The number of rotatable bonds is 5. The van der Waals surface area contributed by atoms with Gasteiger partial charge in [-0.2, -0.15) is 0 Å². The summed E-state index contributed by atoms with van der Waals surface area (Å²) >= 11 is 5.89. The molecule has 1 aromatic rings. The standard InChI is InChI=1S/C12H18ClN3.HI/c1-2-7-15-12(14)16-8-6-10-4-3-5-11(13)9-10;/h3-5,9H,2,6-8H2,1H3,(H3,14,15,16);1H. The topological polar surface area (TPSA) is 50.4 Å². The Kier molecular flexibility index (Phi) is 9.26. The Bertz CT molecular complexity index is 355. The fourth-order valence-corrected chi connectivity index (χ4v) is 1.53. The van der Waals surface area contributed by atoms with Gasteiger partial charge in [0, 0.05) is 18.1 Å². The molecular weight excluding hydrogens is 349 g/mol. The summed E-state index contributed by atoms with van der Waals surface area (Å²) in [5.74, 6) is 0.517. The second-order valence-corrected chi connectivity index (χ2v) is 4.01. The molecule has 0 saturated heterocycles. The lowest BCUT2D eigenvalue weighted by atomic mass is 10.1. The number of nitrogens with one attached hydrogen (secondary N) is 1. The molecule has 5 heteroatoms. The van der Waals surface area contributed by atoms with Crippen LogP contribution < -0.4 is 11.1 Å². The SMILES string of the molecule is CCCN=C(N)NCCc1cccc(Cl)c1.I. The summed E-state index contributed by atoms with van der Waals surface area (Å²) in [6.45, 7) is 3.62. The van der Waals surface area contributed by atoms with E-state index in [1.807, 2.05) is 24.3 Å². The van der Waals surface area contributed by atoms with Crippen LogP contribution in [-0.4, -0.2) is 19.0 Å². The zero-order valence-corrected chi connectivity index (χ0v) is 13.0. The van der Waals surface area contributed by atoms with Crippen molar-refractivity contribution in [1.29, 1.82) is 0 Å². The van der Waals surface area contributed by atoms with E-state index in [0.29, 0.717) is 5.96 Å². The minimum absolute atomic E-state index is 0. The maximum Gasteiger partial charge on any atom is 0.188 e. The highest BCUT2D eigenvalue weighted by Gasteiger charge is 1.95. The molecule has 0 aliphatic rings. The smallest absolute Gasteiger partial charge is 0.188 e. The molecule has 1 aromatic carbocycles. The second-order valence-electron chi connectivity index (χ2n) is 3.57. The lowest BCUT2D eigenvalue weighted by Gasteiger charge is -2.05. The molecule has 0 unspecified atom stereocenters. The van der Waals surface area contributed by atoms with Gasteiger partial charge in [-0.3, -0.25) is 4.99 Å². The third-order valence-electron chi connectivity index (χ3n) is 2.11. The lowest BCUT2D eigenvalue weighted by molar-refractivity contribution is 0.839. The first-order chi connectivity index (χ1) is 7.72. The zero-order valence-electron chi connectivity index (χ0n) is 9.95. The molecule has 0 fully saturated rings. The summed E-state index contributed by atoms with van der Waals surface area (Å²) in [6.07, 6.45) is 1.90. The molecule has 17 heavy (non-hydrogen) atoms. The minimum Gasteiger partial charge on any atom is -0.370 e. The maximum atomic E-state index is 5.89. The van der Waals surface area contributed by atoms with Crippen LogP contribution in [0.15, 0.2) is 29.3 Å². The molecular formula is C12H19ClIN3. The van der Waals surface area contributed by atoms with Crippen LogP contribution in [0, 0.1) is 0 Å². The number of hydrogen-bond donors (Lipinski definition) is 2. The van der Waals surface area contributed by atoms with Crippen LogP contribution in [0.2, 0.25) is 5.02 Å². The van der Waals surface area contributed by atoms with E-state index < -0.39 is 0 Å². The molecule has 0 bridgehead atoms. The molecule has 0 atom stereocenters. The molecule has 0 spiro atoms. The predicted octanol–water partition coefficient (Wildman–Crippen LogP) is 2.81. The van der Waals surface area contributed by atoms with E-state index in [-0.39, 0.29) is 24.0 Å². The van der Waals surface area contributed by atoms with Gasteiger partial charge in [-0.1, -0.05) is 30.7 Å². The number of guanidine groups is 1. The van der Waals surface area contributed by atoms with Gasteiger partial charge in [0.2, 0.25) is 0 Å². The molecule has 0 saturated carbocycles. The molecule has 3 nitrogen and oxygen atoms in total. The minimum atomic E-state index is 0. The summed E-state index contributed by atoms with van der Waals surface area (Å²) in [5.41, 5.74) is 6.86. The largest absolute Gasteiger partial charge is 0.370 e. The van der Waals surface area contributed by atoms with Crippen molar-refractivity contribution in [3.05, 3.63) is 34.9 Å². The Morgan fingerprint density at radius 1 is 1.47 bits per heavy atom. The van der Waals surface area contributed by atoms with Gasteiger partial charge < -0.3 is 11.1 Å². The summed E-state index contributed by atoms with van der Waals surface area (Å²) in [7, 11) is 0. The van der Waals surface area contributed by atoms with Gasteiger partial charge in [0.1, 0.15) is 0 Å². The van der Waals surface area contributed by atoms with Gasteiger partial charge in [-0.05, 0) is 30.5 Å². The number of halogens is 2. The van der Waals surface area contributed by atoms with E-state index in [9.17, 15) is 0 Å². The van der Waals surface area contributed by atoms with Crippen LogP contribution in [0.25, 0.3) is 0 Å². The Morgan fingerprint density at radius 2 is 2.24 bits per heavy atom. The Labute approximate surface area is 125 Å². The predicted molar refractivity (Wildman–Crippen MR) is 85.4 cm³/mol. The molecule has 0 aliphatic heterocycles. The highest BCUT2D eigenvalue weighted by atomic mass is 127. The van der Waals surface area contributed by atoms with E-state index in [1.165, 1.54) is 5.56 Å². The van der Waals surface area contributed by atoms with Crippen molar-refractivity contribution in [2.75, 3.05) is 13.1 Å². The normalized spacial score (nSPS) is 10.8. The lowest BCUT2D eigenvalue weighted by Crippen LogP contribution is -2.33. The number of nitrogens with zero attached hydrogens (tertiary/aromatic N) is 1. The van der Waals surface area contributed by atoms with E-state index >= 15 is 0 Å². The van der Waals surface area contributed by atoms with Gasteiger partial charge >= 0.3 is 0 Å². The first kappa shape index (κ1) is 16.5. The fraction of sp³-hybridized carbons (Fsp3) is 0.417. The fourth-order valence-electron chi connectivity index (χ4n) is 1.32. The zero-order chi connectivity index (χ0) is 11.8. The third kappa shape index (κ3) is 7.44. The van der Waals surface area contributed by atoms with Crippen molar-refractivity contribution in [3.8, 4) is 0 Å². The summed E-state index contributed by atoms with van der Waals surface area (Å²) < 4.78 is 0. The molecule has 3 N–H and O–H groups in total. The van der Waals surface area contributed by atoms with Crippen molar-refractivity contribution < 1.29 is 0 Å². The summed E-state index contributed by atoms with van der Waals surface area (Å²) in [4.78, 5) is 4.15. The summed E-state index contributed by atoms with van der Waals surface area (Å²) in [5, 5.41) is 3.84. The number of benzene rings is 1. The molecule has 0 aliphatic carbocycles. The molecule has 96 valence electrons. The van der Waals surface area contributed by atoms with E-state index in [2.05, 4.69) is 17.2 Å². The van der Waals surface area contributed by atoms with Gasteiger partial charge in [-0.25, -0.2) is 0 Å². The molecule has 0 heterocycles. The quantitative estimate of drug-likeness (QED) is 0.478. The van der Waals surface area contributed by atoms with Crippen LogP contribution in [-0.2, 0) is 6.42 Å². The number of aliphatic imine (C=N–C) groups is 1. The second kappa shape index (κ2) is 9.53. The monoisotopic (exact) mass is 367 g/mol. The highest BCUT2D eigenvalue weighted by molar-refractivity contribution is 14.0. The van der Waals surface area contributed by atoms with Crippen LogP contribution in [0.5, 0.6) is 0 Å². The van der Waals surface area contributed by atoms with Gasteiger partial charge in [-0.15, -0.1) is 24.0 Å². The van der Waals surface area contributed by atoms with Gasteiger partial charge in [0.25, 0.3) is 0 Å². The van der Waals surface area contributed by atoms with Crippen LogP contribution in [0.3, 0.4) is 0 Å². The Balaban J connectivity index is 0.00000256. The first-order valence-corrected chi connectivity index (χ1v) is 5.88.